The Morgan fingerprint density at radius 3 is 0.848 bits per heavy atom. The van der Waals surface area contributed by atoms with E-state index >= 15 is 0 Å². The zero-order chi connectivity index (χ0) is 25.0. The van der Waals surface area contributed by atoms with E-state index in [2.05, 4.69) is 26.3 Å². The van der Waals surface area contributed by atoms with Crippen molar-refractivity contribution in [3.8, 4) is 0 Å². The Bertz CT molecular complexity index is 437. The smallest absolute Gasteiger partial charge is 0.496 e. The fourth-order valence-corrected chi connectivity index (χ4v) is 4.65. The van der Waals surface area contributed by atoms with Crippen molar-refractivity contribution in [1.82, 2.24) is 0 Å². The van der Waals surface area contributed by atoms with E-state index < -0.39 is 9.05 Å². The first-order chi connectivity index (χ1) is 16.0. The van der Waals surface area contributed by atoms with Crippen molar-refractivity contribution in [2.24, 2.45) is 0 Å². The predicted octanol–water partition coefficient (Wildman–Crippen LogP) is 5.24. The Morgan fingerprint density at radius 2 is 0.697 bits per heavy atom. The molecule has 0 rings (SSSR count). The van der Waals surface area contributed by atoms with Gasteiger partial charge >= 0.3 is 9.05 Å². The average molecular weight is 489 g/mol. The van der Waals surface area contributed by atoms with E-state index in [1.165, 1.54) is 25.0 Å². The lowest BCUT2D eigenvalue weighted by atomic mass is 10.3. The highest BCUT2D eigenvalue weighted by Gasteiger charge is 2.48. The molecule has 4 unspecified atom stereocenters. The molecule has 0 aliphatic rings. The van der Waals surface area contributed by atoms with Gasteiger partial charge in [-0.1, -0.05) is 54.0 Å². The third-order valence-electron chi connectivity index (χ3n) is 4.76. The largest absolute Gasteiger partial charge is 0.680 e. The standard InChI is InChI=1S/C24H44O8Si/c1-9-21(25-13-5)17-29-33(30-18-22(10-2)26-14-6,31-19-23(11-3)27-15-7)32-20-24(12-4)28-16-8/h13-16,21-24H,5-12,17-20H2,1-4H3. The molecule has 0 aromatic heterocycles. The Labute approximate surface area is 201 Å². The van der Waals surface area contributed by atoms with Gasteiger partial charge in [-0.15, -0.1) is 0 Å². The van der Waals surface area contributed by atoms with Crippen LogP contribution in [0.2, 0.25) is 0 Å². The van der Waals surface area contributed by atoms with E-state index in [1.54, 1.807) is 0 Å². The Morgan fingerprint density at radius 1 is 0.485 bits per heavy atom. The van der Waals surface area contributed by atoms with Crippen molar-refractivity contribution in [3.63, 3.8) is 0 Å². The van der Waals surface area contributed by atoms with Crippen molar-refractivity contribution in [2.45, 2.75) is 77.8 Å². The van der Waals surface area contributed by atoms with Crippen LogP contribution in [0.25, 0.3) is 0 Å². The summed E-state index contributed by atoms with van der Waals surface area (Å²) in [5, 5.41) is 0. The van der Waals surface area contributed by atoms with E-state index in [9.17, 15) is 0 Å². The summed E-state index contributed by atoms with van der Waals surface area (Å²) in [5.41, 5.74) is 0. The summed E-state index contributed by atoms with van der Waals surface area (Å²) in [6, 6.07) is 0. The predicted molar refractivity (Wildman–Crippen MR) is 131 cm³/mol. The topological polar surface area (TPSA) is 73.8 Å². The fraction of sp³-hybridized carbons (Fsp3) is 0.667. The van der Waals surface area contributed by atoms with Crippen molar-refractivity contribution >= 4 is 9.05 Å². The molecule has 0 aliphatic heterocycles. The summed E-state index contributed by atoms with van der Waals surface area (Å²) in [6.45, 7) is 23.3. The molecule has 0 spiro atoms. The number of hydrogen-bond donors (Lipinski definition) is 0. The zero-order valence-electron chi connectivity index (χ0n) is 20.9. The van der Waals surface area contributed by atoms with Gasteiger partial charge in [0.2, 0.25) is 0 Å². The van der Waals surface area contributed by atoms with Gasteiger partial charge in [-0.2, -0.15) is 0 Å². The lowest BCUT2D eigenvalue weighted by Gasteiger charge is -2.32. The SMILES string of the molecule is C=COC(CC)CO[Si](OCC(CC)OC=C)(OCC(CC)OC=C)OCC(CC)OC=C. The summed E-state index contributed by atoms with van der Waals surface area (Å²) in [5.74, 6) is 0. The molecule has 0 aromatic carbocycles. The number of ether oxygens (including phenoxy) is 4. The molecule has 4 atom stereocenters. The molecule has 0 aromatic rings. The van der Waals surface area contributed by atoms with Crippen molar-refractivity contribution in [1.29, 1.82) is 0 Å². The second kappa shape index (κ2) is 19.7. The van der Waals surface area contributed by atoms with Crippen molar-refractivity contribution < 1.29 is 36.7 Å². The first-order valence-electron chi connectivity index (χ1n) is 11.6. The van der Waals surface area contributed by atoms with Gasteiger partial charge in [0.15, 0.2) is 0 Å². The minimum Gasteiger partial charge on any atom is -0.496 e. The molecular formula is C24H44O8Si. The fourth-order valence-electron chi connectivity index (χ4n) is 2.59. The normalized spacial score (nSPS) is 16.4. The highest BCUT2D eigenvalue weighted by molar-refractivity contribution is 6.53. The van der Waals surface area contributed by atoms with E-state index in [1.807, 2.05) is 27.7 Å². The maximum atomic E-state index is 6.21. The molecule has 33 heavy (non-hydrogen) atoms. The van der Waals surface area contributed by atoms with Crippen LogP contribution in [0.15, 0.2) is 51.4 Å². The minimum absolute atomic E-state index is 0.200. The van der Waals surface area contributed by atoms with Crippen LogP contribution in [0.5, 0.6) is 0 Å². The highest BCUT2D eigenvalue weighted by Crippen LogP contribution is 2.19. The summed E-state index contributed by atoms with van der Waals surface area (Å²) in [7, 11) is -3.68. The Balaban J connectivity index is 5.75. The van der Waals surface area contributed by atoms with Gasteiger partial charge in [0.25, 0.3) is 0 Å². The van der Waals surface area contributed by atoms with Gasteiger partial charge in [-0.05, 0) is 25.7 Å². The number of hydrogen-bond acceptors (Lipinski definition) is 8. The summed E-state index contributed by atoms with van der Waals surface area (Å²) < 4.78 is 46.9. The summed E-state index contributed by atoms with van der Waals surface area (Å²) >= 11 is 0. The third-order valence-corrected chi connectivity index (χ3v) is 6.84. The van der Waals surface area contributed by atoms with Gasteiger partial charge in [-0.3, -0.25) is 0 Å². The van der Waals surface area contributed by atoms with Crippen LogP contribution < -0.4 is 0 Å². The van der Waals surface area contributed by atoms with Crippen LogP contribution in [-0.4, -0.2) is 59.9 Å². The molecule has 0 amide bonds. The van der Waals surface area contributed by atoms with Gasteiger partial charge in [0.1, 0.15) is 24.4 Å². The first kappa shape index (κ1) is 31.2. The van der Waals surface area contributed by atoms with E-state index in [4.69, 9.17) is 36.7 Å². The molecule has 0 aliphatic carbocycles. The molecule has 0 N–H and O–H groups in total. The van der Waals surface area contributed by atoms with Gasteiger partial charge < -0.3 is 36.7 Å². The molecule has 0 radical (unpaired) electrons. The molecule has 0 saturated carbocycles. The molecule has 0 heterocycles. The number of rotatable bonds is 24. The third kappa shape index (κ3) is 13.5. The summed E-state index contributed by atoms with van der Waals surface area (Å²) in [6.07, 6.45) is 7.50. The lowest BCUT2D eigenvalue weighted by Crippen LogP contribution is -2.54. The Hall–Kier alpha value is -1.78. The molecule has 9 heteroatoms. The van der Waals surface area contributed by atoms with E-state index in [0.717, 1.165) is 0 Å². The van der Waals surface area contributed by atoms with E-state index in [-0.39, 0.29) is 50.8 Å². The van der Waals surface area contributed by atoms with Gasteiger partial charge in [0, 0.05) is 0 Å². The second-order valence-corrected chi connectivity index (χ2v) is 9.23. The molecule has 0 fully saturated rings. The molecule has 8 nitrogen and oxygen atoms in total. The van der Waals surface area contributed by atoms with Gasteiger partial charge in [-0.25, -0.2) is 0 Å². The molecule has 0 saturated heterocycles. The average Bonchev–Trinajstić information content (AvgIpc) is 2.84. The first-order valence-corrected chi connectivity index (χ1v) is 13.2. The van der Waals surface area contributed by atoms with Crippen molar-refractivity contribution in [3.05, 3.63) is 51.4 Å². The minimum atomic E-state index is -3.68. The maximum absolute atomic E-state index is 6.21. The molecule has 192 valence electrons. The van der Waals surface area contributed by atoms with Crippen LogP contribution in [0.1, 0.15) is 53.4 Å². The Kier molecular flexibility index (Phi) is 18.6. The van der Waals surface area contributed by atoms with Crippen LogP contribution in [0, 0.1) is 0 Å². The van der Waals surface area contributed by atoms with Crippen LogP contribution >= 0.6 is 0 Å². The highest BCUT2D eigenvalue weighted by atomic mass is 28.4. The van der Waals surface area contributed by atoms with E-state index in [0.29, 0.717) is 25.7 Å². The monoisotopic (exact) mass is 488 g/mol. The van der Waals surface area contributed by atoms with Crippen molar-refractivity contribution in [2.75, 3.05) is 26.4 Å². The zero-order valence-corrected chi connectivity index (χ0v) is 21.9. The molecular weight excluding hydrogens is 444 g/mol. The second-order valence-electron chi connectivity index (χ2n) is 7.08. The van der Waals surface area contributed by atoms with Crippen LogP contribution in [0.3, 0.4) is 0 Å². The molecule has 0 bridgehead atoms. The van der Waals surface area contributed by atoms with Gasteiger partial charge in [0.05, 0.1) is 51.5 Å². The van der Waals surface area contributed by atoms with Crippen LogP contribution in [0.4, 0.5) is 0 Å². The summed E-state index contributed by atoms with van der Waals surface area (Å²) in [4.78, 5) is 0. The lowest BCUT2D eigenvalue weighted by molar-refractivity contribution is -0.0892. The maximum Gasteiger partial charge on any atom is 0.680 e. The van der Waals surface area contributed by atoms with Crippen LogP contribution in [-0.2, 0) is 36.7 Å². The quantitative estimate of drug-likeness (QED) is 0.135.